The fourth-order valence-corrected chi connectivity index (χ4v) is 3.50. The second-order valence-corrected chi connectivity index (χ2v) is 6.37. The van der Waals surface area contributed by atoms with E-state index in [2.05, 4.69) is 0 Å². The molecule has 0 aliphatic carbocycles. The fraction of sp³-hybridized carbons (Fsp3) is 0.158. The second-order valence-electron chi connectivity index (χ2n) is 5.93. The van der Waals surface area contributed by atoms with Crippen LogP contribution in [0.4, 0.5) is 5.69 Å². The Kier molecular flexibility index (Phi) is 3.43. The maximum absolute atomic E-state index is 13.1. The van der Waals surface area contributed by atoms with Gasteiger partial charge in [0, 0.05) is 35.8 Å². The Bertz CT molecular complexity index is 990. The summed E-state index contributed by atoms with van der Waals surface area (Å²) in [5.74, 6) is -0.240. The predicted octanol–water partition coefficient (Wildman–Crippen LogP) is 4.16. The van der Waals surface area contributed by atoms with Crippen LogP contribution >= 0.6 is 11.6 Å². The Morgan fingerprint density at radius 2 is 1.92 bits per heavy atom. The maximum Gasteiger partial charge on any atom is 0.260 e. The van der Waals surface area contributed by atoms with Gasteiger partial charge in [-0.3, -0.25) is 14.2 Å². The Labute approximate surface area is 144 Å². The molecule has 0 saturated heterocycles. The van der Waals surface area contributed by atoms with Gasteiger partial charge in [-0.1, -0.05) is 29.8 Å². The molecule has 4 rings (SSSR count). The molecule has 1 aliphatic rings. The van der Waals surface area contributed by atoms with Crippen LogP contribution in [0.5, 0.6) is 0 Å². The number of carbonyl (C=O) groups excluding carboxylic acids is 2. The Balaban J connectivity index is 1.86. The summed E-state index contributed by atoms with van der Waals surface area (Å²) in [6.45, 7) is 2.12. The number of hydrogen-bond donors (Lipinski definition) is 0. The van der Waals surface area contributed by atoms with Gasteiger partial charge in [0.25, 0.3) is 5.91 Å². The van der Waals surface area contributed by atoms with E-state index < -0.39 is 0 Å². The lowest BCUT2D eigenvalue weighted by Gasteiger charge is -2.16. The number of benzene rings is 2. The standard InChI is InChI=1S/C19H15ClN2O2/c1-12(23)22-11-16(15-10-14(20)6-7-18(15)22)19(24)21-9-8-13-4-2-3-5-17(13)21/h2-7,10-11H,8-9H2,1H3. The quantitative estimate of drug-likeness (QED) is 0.668. The summed E-state index contributed by atoms with van der Waals surface area (Å²) in [7, 11) is 0. The number of fused-ring (bicyclic) bond motifs is 2. The summed E-state index contributed by atoms with van der Waals surface area (Å²) in [4.78, 5) is 26.8. The molecule has 0 atom stereocenters. The molecule has 120 valence electrons. The zero-order valence-electron chi connectivity index (χ0n) is 13.1. The number of carbonyl (C=O) groups is 2. The number of nitrogens with zero attached hydrogens (tertiary/aromatic N) is 2. The minimum Gasteiger partial charge on any atom is -0.308 e. The Morgan fingerprint density at radius 1 is 1.12 bits per heavy atom. The van der Waals surface area contributed by atoms with Gasteiger partial charge in [-0.05, 0) is 36.2 Å². The average Bonchev–Trinajstić information content (AvgIpc) is 3.15. The predicted molar refractivity (Wildman–Crippen MR) is 95.1 cm³/mol. The third-order valence-corrected chi connectivity index (χ3v) is 4.70. The van der Waals surface area contributed by atoms with Gasteiger partial charge in [0.1, 0.15) is 0 Å². The van der Waals surface area contributed by atoms with Crippen molar-refractivity contribution in [3.05, 3.63) is 64.8 Å². The molecule has 24 heavy (non-hydrogen) atoms. The highest BCUT2D eigenvalue weighted by Crippen LogP contribution is 2.32. The normalized spacial score (nSPS) is 13.3. The van der Waals surface area contributed by atoms with Crippen molar-refractivity contribution in [2.45, 2.75) is 13.3 Å². The van der Waals surface area contributed by atoms with Gasteiger partial charge in [-0.25, -0.2) is 0 Å². The van der Waals surface area contributed by atoms with Gasteiger partial charge in [0.15, 0.2) is 0 Å². The van der Waals surface area contributed by atoms with E-state index in [0.717, 1.165) is 12.1 Å². The third-order valence-electron chi connectivity index (χ3n) is 4.47. The minimum atomic E-state index is -0.136. The lowest BCUT2D eigenvalue weighted by molar-refractivity contribution is 0.0941. The first kappa shape index (κ1) is 15.0. The van der Waals surface area contributed by atoms with Crippen molar-refractivity contribution >= 4 is 40.0 Å². The van der Waals surface area contributed by atoms with E-state index in [1.54, 1.807) is 29.3 Å². The summed E-state index contributed by atoms with van der Waals surface area (Å²) < 4.78 is 1.50. The number of hydrogen-bond acceptors (Lipinski definition) is 2. The average molecular weight is 339 g/mol. The largest absolute Gasteiger partial charge is 0.308 e. The number of halogens is 1. The van der Waals surface area contributed by atoms with Crippen molar-refractivity contribution in [1.29, 1.82) is 0 Å². The lowest BCUT2D eigenvalue weighted by Crippen LogP contribution is -2.28. The topological polar surface area (TPSA) is 42.3 Å². The molecular weight excluding hydrogens is 324 g/mol. The molecule has 0 unspecified atom stereocenters. The highest BCUT2D eigenvalue weighted by atomic mass is 35.5. The molecule has 0 saturated carbocycles. The first-order chi connectivity index (χ1) is 11.6. The minimum absolute atomic E-state index is 0.104. The van der Waals surface area contributed by atoms with Crippen LogP contribution in [0.25, 0.3) is 10.9 Å². The van der Waals surface area contributed by atoms with Crippen LogP contribution in [0.2, 0.25) is 5.02 Å². The molecule has 2 aromatic carbocycles. The molecule has 0 bridgehead atoms. The molecule has 4 nitrogen and oxygen atoms in total. The van der Waals surface area contributed by atoms with Crippen molar-refractivity contribution in [3.63, 3.8) is 0 Å². The van der Waals surface area contributed by atoms with Crippen molar-refractivity contribution in [3.8, 4) is 0 Å². The van der Waals surface area contributed by atoms with Gasteiger partial charge in [-0.2, -0.15) is 0 Å². The van der Waals surface area contributed by atoms with Gasteiger partial charge >= 0.3 is 0 Å². The monoisotopic (exact) mass is 338 g/mol. The molecule has 0 radical (unpaired) electrons. The molecule has 1 amide bonds. The van der Waals surface area contributed by atoms with E-state index in [1.165, 1.54) is 17.1 Å². The molecule has 2 heterocycles. The van der Waals surface area contributed by atoms with Crippen LogP contribution < -0.4 is 4.90 Å². The van der Waals surface area contributed by atoms with E-state index in [0.29, 0.717) is 28.0 Å². The molecule has 0 N–H and O–H groups in total. The SMILES string of the molecule is CC(=O)n1cc(C(=O)N2CCc3ccccc32)c2cc(Cl)ccc21. The summed E-state index contributed by atoms with van der Waals surface area (Å²) in [5, 5.41) is 1.24. The van der Waals surface area contributed by atoms with Crippen LogP contribution in [0.15, 0.2) is 48.7 Å². The summed E-state index contributed by atoms with van der Waals surface area (Å²) >= 11 is 6.11. The fourth-order valence-electron chi connectivity index (χ4n) is 3.33. The van der Waals surface area contributed by atoms with Gasteiger partial charge < -0.3 is 4.90 Å². The number of para-hydroxylation sites is 1. The van der Waals surface area contributed by atoms with Crippen LogP contribution in [0, 0.1) is 0 Å². The highest BCUT2D eigenvalue weighted by molar-refractivity contribution is 6.31. The molecule has 1 aromatic heterocycles. The smallest absolute Gasteiger partial charge is 0.260 e. The van der Waals surface area contributed by atoms with E-state index in [9.17, 15) is 9.59 Å². The Morgan fingerprint density at radius 3 is 2.71 bits per heavy atom. The summed E-state index contributed by atoms with van der Waals surface area (Å²) in [6, 6.07) is 13.1. The maximum atomic E-state index is 13.1. The van der Waals surface area contributed by atoms with E-state index in [-0.39, 0.29) is 11.8 Å². The van der Waals surface area contributed by atoms with Crippen molar-refractivity contribution < 1.29 is 9.59 Å². The molecule has 0 spiro atoms. The zero-order chi connectivity index (χ0) is 16.8. The number of rotatable bonds is 1. The van der Waals surface area contributed by atoms with Crippen molar-refractivity contribution in [2.24, 2.45) is 0 Å². The van der Waals surface area contributed by atoms with Crippen LogP contribution in [0.1, 0.15) is 27.6 Å². The van der Waals surface area contributed by atoms with Crippen molar-refractivity contribution in [2.75, 3.05) is 11.4 Å². The van der Waals surface area contributed by atoms with Crippen LogP contribution in [0.3, 0.4) is 0 Å². The van der Waals surface area contributed by atoms with E-state index in [1.807, 2.05) is 24.3 Å². The van der Waals surface area contributed by atoms with Crippen LogP contribution in [-0.4, -0.2) is 22.9 Å². The van der Waals surface area contributed by atoms with Gasteiger partial charge in [-0.15, -0.1) is 0 Å². The number of aromatic nitrogens is 1. The summed E-state index contributed by atoms with van der Waals surface area (Å²) in [6.07, 6.45) is 2.46. The number of amides is 1. The zero-order valence-corrected chi connectivity index (χ0v) is 13.9. The first-order valence-corrected chi connectivity index (χ1v) is 8.15. The number of anilines is 1. The molecule has 1 aliphatic heterocycles. The van der Waals surface area contributed by atoms with Crippen molar-refractivity contribution in [1.82, 2.24) is 4.57 Å². The van der Waals surface area contributed by atoms with Gasteiger partial charge in [0.2, 0.25) is 5.91 Å². The molecule has 0 fully saturated rings. The van der Waals surface area contributed by atoms with Crippen LogP contribution in [-0.2, 0) is 6.42 Å². The first-order valence-electron chi connectivity index (χ1n) is 7.77. The van der Waals surface area contributed by atoms with E-state index in [4.69, 9.17) is 11.6 Å². The summed E-state index contributed by atoms with van der Waals surface area (Å²) in [5.41, 5.74) is 3.30. The molecular formula is C19H15ClN2O2. The third kappa shape index (κ3) is 2.22. The second kappa shape index (κ2) is 5.49. The highest BCUT2D eigenvalue weighted by Gasteiger charge is 2.28. The lowest BCUT2D eigenvalue weighted by atomic mass is 10.1. The Hall–Kier alpha value is -2.59. The van der Waals surface area contributed by atoms with E-state index >= 15 is 0 Å². The van der Waals surface area contributed by atoms with Gasteiger partial charge in [0.05, 0.1) is 11.1 Å². The molecule has 3 aromatic rings. The molecule has 5 heteroatoms.